The van der Waals surface area contributed by atoms with E-state index in [1.54, 1.807) is 12.1 Å². The van der Waals surface area contributed by atoms with E-state index in [4.69, 9.17) is 16.3 Å². The Morgan fingerprint density at radius 2 is 1.89 bits per heavy atom. The van der Waals surface area contributed by atoms with Crippen LogP contribution in [0.2, 0.25) is 5.02 Å². The van der Waals surface area contributed by atoms with Crippen molar-refractivity contribution in [2.75, 3.05) is 6.61 Å². The number of hydrogen-bond acceptors (Lipinski definition) is 3. The van der Waals surface area contributed by atoms with Gasteiger partial charge in [-0.25, -0.2) is 0 Å². The van der Waals surface area contributed by atoms with Gasteiger partial charge in [-0.1, -0.05) is 41.9 Å². The number of aromatic nitrogens is 2. The highest BCUT2D eigenvalue weighted by Crippen LogP contribution is 2.21. The molecule has 0 saturated carbocycles. The summed E-state index contributed by atoms with van der Waals surface area (Å²) < 4.78 is 7.52. The molecule has 28 heavy (non-hydrogen) atoms. The molecule has 0 aliphatic carbocycles. The molecule has 1 aromatic heterocycles. The molecule has 146 valence electrons. The van der Waals surface area contributed by atoms with Crippen LogP contribution in [-0.2, 0) is 17.9 Å². The van der Waals surface area contributed by atoms with Crippen molar-refractivity contribution in [1.82, 2.24) is 15.1 Å². The lowest BCUT2D eigenvalue weighted by Gasteiger charge is -2.09. The van der Waals surface area contributed by atoms with E-state index in [2.05, 4.69) is 22.5 Å². The van der Waals surface area contributed by atoms with Crippen molar-refractivity contribution in [3.05, 3.63) is 81.6 Å². The highest BCUT2D eigenvalue weighted by molar-refractivity contribution is 6.31. The topological polar surface area (TPSA) is 56.1 Å². The molecule has 0 fully saturated rings. The average Bonchev–Trinajstić information content (AvgIpc) is 2.95. The first-order valence-electron chi connectivity index (χ1n) is 9.16. The standard InChI is InChI=1S/C22H24ClN3O2/c1-15-11-19(9-10-21(15)23)28-14-22(27)24-12-20-16(2)25-26(17(20)3)13-18-7-5-4-6-8-18/h4-11H,12-14H2,1-3H3,(H,24,27). The van der Waals surface area contributed by atoms with Gasteiger partial charge in [-0.15, -0.1) is 0 Å². The highest BCUT2D eigenvalue weighted by Gasteiger charge is 2.13. The fraction of sp³-hybridized carbons (Fsp3) is 0.273. The Labute approximate surface area is 170 Å². The molecule has 3 aromatic rings. The van der Waals surface area contributed by atoms with Crippen molar-refractivity contribution in [3.63, 3.8) is 0 Å². The van der Waals surface area contributed by atoms with Crippen LogP contribution in [0.25, 0.3) is 0 Å². The van der Waals surface area contributed by atoms with Gasteiger partial charge in [-0.3, -0.25) is 9.48 Å². The lowest BCUT2D eigenvalue weighted by Crippen LogP contribution is -2.28. The van der Waals surface area contributed by atoms with Crippen LogP contribution in [0.15, 0.2) is 48.5 Å². The van der Waals surface area contributed by atoms with E-state index in [1.165, 1.54) is 5.56 Å². The van der Waals surface area contributed by atoms with E-state index in [9.17, 15) is 4.79 Å². The lowest BCUT2D eigenvalue weighted by atomic mass is 10.2. The van der Waals surface area contributed by atoms with Crippen molar-refractivity contribution in [2.24, 2.45) is 0 Å². The highest BCUT2D eigenvalue weighted by atomic mass is 35.5. The molecule has 6 heteroatoms. The summed E-state index contributed by atoms with van der Waals surface area (Å²) in [6, 6.07) is 15.5. The minimum atomic E-state index is -0.179. The predicted molar refractivity (Wildman–Crippen MR) is 111 cm³/mol. The van der Waals surface area contributed by atoms with Gasteiger partial charge in [0.05, 0.1) is 12.2 Å². The van der Waals surface area contributed by atoms with Crippen LogP contribution in [0.1, 0.15) is 28.1 Å². The molecule has 0 spiro atoms. The van der Waals surface area contributed by atoms with E-state index in [1.807, 2.05) is 49.7 Å². The van der Waals surface area contributed by atoms with Crippen molar-refractivity contribution in [3.8, 4) is 5.75 Å². The monoisotopic (exact) mass is 397 g/mol. The Hall–Kier alpha value is -2.79. The average molecular weight is 398 g/mol. The molecule has 0 unspecified atom stereocenters. The first-order valence-corrected chi connectivity index (χ1v) is 9.54. The quantitative estimate of drug-likeness (QED) is 0.649. The molecular weight excluding hydrogens is 374 g/mol. The van der Waals surface area contributed by atoms with E-state index >= 15 is 0 Å². The third-order valence-electron chi connectivity index (χ3n) is 4.67. The van der Waals surface area contributed by atoms with Crippen molar-refractivity contribution in [1.29, 1.82) is 0 Å². The zero-order valence-corrected chi connectivity index (χ0v) is 17.1. The van der Waals surface area contributed by atoms with E-state index < -0.39 is 0 Å². The predicted octanol–water partition coefficient (Wildman–Crippen LogP) is 4.21. The van der Waals surface area contributed by atoms with Crippen molar-refractivity contribution >= 4 is 17.5 Å². The Bertz CT molecular complexity index is 967. The summed E-state index contributed by atoms with van der Waals surface area (Å²) in [7, 11) is 0. The molecule has 0 aliphatic heterocycles. The van der Waals surface area contributed by atoms with Gasteiger partial charge >= 0.3 is 0 Å². The van der Waals surface area contributed by atoms with Crippen LogP contribution < -0.4 is 10.1 Å². The van der Waals surface area contributed by atoms with Gasteiger partial charge in [0.25, 0.3) is 5.91 Å². The second kappa shape index (κ2) is 8.93. The molecule has 2 aromatic carbocycles. The van der Waals surface area contributed by atoms with Gasteiger partial charge in [-0.2, -0.15) is 5.10 Å². The number of nitrogens with zero attached hydrogens (tertiary/aromatic N) is 2. The number of carbonyl (C=O) groups excluding carboxylic acids is 1. The first-order chi connectivity index (χ1) is 13.4. The second-order valence-corrected chi connectivity index (χ2v) is 7.18. The fourth-order valence-electron chi connectivity index (χ4n) is 2.99. The Morgan fingerprint density at radius 3 is 2.61 bits per heavy atom. The Kier molecular flexibility index (Phi) is 6.37. The number of amides is 1. The number of ether oxygens (including phenoxy) is 1. The normalized spacial score (nSPS) is 10.7. The van der Waals surface area contributed by atoms with Crippen molar-refractivity contribution < 1.29 is 9.53 Å². The Morgan fingerprint density at radius 1 is 1.14 bits per heavy atom. The van der Waals surface area contributed by atoms with Crippen LogP contribution in [0.4, 0.5) is 0 Å². The van der Waals surface area contributed by atoms with Gasteiger partial charge in [0, 0.05) is 22.8 Å². The summed E-state index contributed by atoms with van der Waals surface area (Å²) in [4.78, 5) is 12.2. The maximum Gasteiger partial charge on any atom is 0.258 e. The molecule has 0 aliphatic rings. The Balaban J connectivity index is 1.56. The summed E-state index contributed by atoms with van der Waals surface area (Å²) in [6.45, 7) is 6.97. The SMILES string of the molecule is Cc1cc(OCC(=O)NCc2c(C)nn(Cc3ccccc3)c2C)ccc1Cl. The number of nitrogens with one attached hydrogen (secondary N) is 1. The largest absolute Gasteiger partial charge is 0.484 e. The summed E-state index contributed by atoms with van der Waals surface area (Å²) in [5, 5.41) is 8.20. The smallest absolute Gasteiger partial charge is 0.258 e. The molecule has 0 saturated heterocycles. The van der Waals surface area contributed by atoms with E-state index in [-0.39, 0.29) is 12.5 Å². The van der Waals surface area contributed by atoms with Crippen LogP contribution in [0, 0.1) is 20.8 Å². The minimum Gasteiger partial charge on any atom is -0.484 e. The maximum atomic E-state index is 12.2. The molecule has 0 bridgehead atoms. The number of aryl methyl sites for hydroxylation is 2. The molecule has 0 atom stereocenters. The van der Waals surface area contributed by atoms with Crippen LogP contribution >= 0.6 is 11.6 Å². The van der Waals surface area contributed by atoms with Gasteiger partial charge < -0.3 is 10.1 Å². The van der Waals surface area contributed by atoms with Crippen LogP contribution in [-0.4, -0.2) is 22.3 Å². The number of halogens is 1. The molecule has 1 heterocycles. The summed E-state index contributed by atoms with van der Waals surface area (Å²) >= 11 is 6.00. The minimum absolute atomic E-state index is 0.0443. The molecule has 5 nitrogen and oxygen atoms in total. The maximum absolute atomic E-state index is 12.2. The third kappa shape index (κ3) is 4.93. The fourth-order valence-corrected chi connectivity index (χ4v) is 3.11. The van der Waals surface area contributed by atoms with Crippen LogP contribution in [0.5, 0.6) is 5.75 Å². The lowest BCUT2D eigenvalue weighted by molar-refractivity contribution is -0.123. The number of benzene rings is 2. The molecule has 3 rings (SSSR count). The number of hydrogen-bond donors (Lipinski definition) is 1. The van der Waals surface area contributed by atoms with Crippen molar-refractivity contribution in [2.45, 2.75) is 33.9 Å². The second-order valence-electron chi connectivity index (χ2n) is 6.77. The summed E-state index contributed by atoms with van der Waals surface area (Å²) in [5.74, 6) is 0.447. The number of carbonyl (C=O) groups is 1. The molecule has 1 amide bonds. The number of rotatable bonds is 7. The summed E-state index contributed by atoms with van der Waals surface area (Å²) in [6.07, 6.45) is 0. The molecule has 0 radical (unpaired) electrons. The van der Waals surface area contributed by atoms with Gasteiger partial charge in [0.1, 0.15) is 5.75 Å². The molecule has 1 N–H and O–H groups in total. The van der Waals surface area contributed by atoms with E-state index in [0.717, 1.165) is 22.5 Å². The van der Waals surface area contributed by atoms with Gasteiger partial charge in [0.2, 0.25) is 0 Å². The third-order valence-corrected chi connectivity index (χ3v) is 5.09. The zero-order chi connectivity index (χ0) is 20.1. The van der Waals surface area contributed by atoms with Crippen LogP contribution in [0.3, 0.4) is 0 Å². The van der Waals surface area contributed by atoms with E-state index in [0.29, 0.717) is 23.9 Å². The van der Waals surface area contributed by atoms with Gasteiger partial charge in [0.15, 0.2) is 6.61 Å². The van der Waals surface area contributed by atoms with Gasteiger partial charge in [-0.05, 0) is 50.1 Å². The molecular formula is C22H24ClN3O2. The summed E-state index contributed by atoms with van der Waals surface area (Å²) in [5.41, 5.74) is 5.11. The zero-order valence-electron chi connectivity index (χ0n) is 16.3. The first kappa shape index (κ1) is 20.0.